The number of hydrogen-bond donors (Lipinski definition) is 1. The summed E-state index contributed by atoms with van der Waals surface area (Å²) in [5.41, 5.74) is 5.85. The van der Waals surface area contributed by atoms with E-state index in [9.17, 15) is 0 Å². The summed E-state index contributed by atoms with van der Waals surface area (Å²) in [4.78, 5) is 4.39. The molecular weight excluding hydrogens is 206 g/mol. The molecule has 2 rings (SSSR count). The van der Waals surface area contributed by atoms with Crippen LogP contribution in [-0.2, 0) is 11.2 Å². The Morgan fingerprint density at radius 2 is 2.38 bits per heavy atom. The van der Waals surface area contributed by atoms with Crippen LogP contribution >= 0.6 is 0 Å². The first-order chi connectivity index (χ1) is 7.70. The van der Waals surface area contributed by atoms with E-state index in [1.165, 1.54) is 0 Å². The van der Waals surface area contributed by atoms with Crippen LogP contribution in [0.2, 0.25) is 0 Å². The van der Waals surface area contributed by atoms with Gasteiger partial charge in [-0.3, -0.25) is 0 Å². The maximum Gasteiger partial charge on any atom is 0.232 e. The largest absolute Gasteiger partial charge is 0.378 e. The van der Waals surface area contributed by atoms with Crippen molar-refractivity contribution < 1.29 is 9.26 Å². The van der Waals surface area contributed by atoms with Crippen LogP contribution in [0.4, 0.5) is 0 Å². The molecule has 0 aliphatic carbocycles. The van der Waals surface area contributed by atoms with Gasteiger partial charge in [0, 0.05) is 19.1 Å². The molecule has 0 saturated carbocycles. The summed E-state index contributed by atoms with van der Waals surface area (Å²) in [6, 6.07) is 0.114. The average molecular weight is 225 g/mol. The van der Waals surface area contributed by atoms with Gasteiger partial charge in [-0.05, 0) is 19.8 Å². The SMILES string of the molecule is CCC(N)Cc1noc(C2CCOC2C)n1. The molecule has 1 saturated heterocycles. The molecule has 1 aliphatic heterocycles. The molecule has 1 aliphatic rings. The van der Waals surface area contributed by atoms with E-state index in [1.807, 2.05) is 6.92 Å². The molecule has 0 aromatic carbocycles. The number of aromatic nitrogens is 2. The van der Waals surface area contributed by atoms with Crippen molar-refractivity contribution in [3.63, 3.8) is 0 Å². The van der Waals surface area contributed by atoms with Gasteiger partial charge in [-0.25, -0.2) is 0 Å². The third-order valence-electron chi connectivity index (χ3n) is 3.15. The van der Waals surface area contributed by atoms with Gasteiger partial charge >= 0.3 is 0 Å². The topological polar surface area (TPSA) is 74.2 Å². The molecule has 0 radical (unpaired) electrons. The molecule has 5 nitrogen and oxygen atoms in total. The Morgan fingerprint density at radius 3 is 3.00 bits per heavy atom. The van der Waals surface area contributed by atoms with Crippen molar-refractivity contribution in [1.29, 1.82) is 0 Å². The number of nitrogens with two attached hydrogens (primary N) is 1. The molecular formula is C11H19N3O2. The van der Waals surface area contributed by atoms with E-state index in [2.05, 4.69) is 17.1 Å². The van der Waals surface area contributed by atoms with Gasteiger partial charge in [0.2, 0.25) is 5.89 Å². The fourth-order valence-corrected chi connectivity index (χ4v) is 1.94. The highest BCUT2D eigenvalue weighted by Gasteiger charge is 2.30. The molecule has 1 fully saturated rings. The quantitative estimate of drug-likeness (QED) is 0.834. The second kappa shape index (κ2) is 4.93. The maximum absolute atomic E-state index is 5.85. The van der Waals surface area contributed by atoms with Crippen LogP contribution in [0.15, 0.2) is 4.52 Å². The molecule has 90 valence electrons. The zero-order valence-corrected chi connectivity index (χ0v) is 9.85. The molecule has 1 aromatic rings. The minimum atomic E-state index is 0.114. The molecule has 2 heterocycles. The summed E-state index contributed by atoms with van der Waals surface area (Å²) in [6.45, 7) is 4.87. The Bertz CT molecular complexity index is 340. The van der Waals surface area contributed by atoms with E-state index >= 15 is 0 Å². The highest BCUT2D eigenvalue weighted by Crippen LogP contribution is 2.29. The van der Waals surface area contributed by atoms with E-state index in [0.29, 0.717) is 18.1 Å². The lowest BCUT2D eigenvalue weighted by Crippen LogP contribution is -2.22. The molecule has 3 atom stereocenters. The second-order valence-corrected chi connectivity index (χ2v) is 4.39. The Morgan fingerprint density at radius 1 is 1.56 bits per heavy atom. The standard InChI is InChI=1S/C11H19N3O2/c1-3-8(12)6-10-13-11(16-14-10)9-4-5-15-7(9)2/h7-9H,3-6,12H2,1-2H3. The fraction of sp³-hybridized carbons (Fsp3) is 0.818. The van der Waals surface area contributed by atoms with Crippen molar-refractivity contribution >= 4 is 0 Å². The normalized spacial score (nSPS) is 27.2. The number of ether oxygens (including phenoxy) is 1. The van der Waals surface area contributed by atoms with Gasteiger partial charge in [0.15, 0.2) is 5.82 Å². The van der Waals surface area contributed by atoms with E-state index < -0.39 is 0 Å². The highest BCUT2D eigenvalue weighted by molar-refractivity contribution is 4.99. The molecule has 0 amide bonds. The van der Waals surface area contributed by atoms with Crippen LogP contribution in [0.5, 0.6) is 0 Å². The van der Waals surface area contributed by atoms with Crippen LogP contribution in [-0.4, -0.2) is 28.9 Å². The molecule has 2 N–H and O–H groups in total. The Kier molecular flexibility index (Phi) is 3.56. The maximum atomic E-state index is 5.85. The summed E-state index contributed by atoms with van der Waals surface area (Å²) >= 11 is 0. The van der Waals surface area contributed by atoms with Crippen molar-refractivity contribution in [2.45, 2.75) is 51.2 Å². The first-order valence-electron chi connectivity index (χ1n) is 5.90. The van der Waals surface area contributed by atoms with Crippen molar-refractivity contribution in [2.75, 3.05) is 6.61 Å². The minimum absolute atomic E-state index is 0.114. The van der Waals surface area contributed by atoms with Crippen molar-refractivity contribution in [3.05, 3.63) is 11.7 Å². The van der Waals surface area contributed by atoms with Gasteiger partial charge in [-0.15, -0.1) is 0 Å². The highest BCUT2D eigenvalue weighted by atomic mass is 16.5. The van der Waals surface area contributed by atoms with Crippen molar-refractivity contribution in [1.82, 2.24) is 10.1 Å². The van der Waals surface area contributed by atoms with Gasteiger partial charge in [0.1, 0.15) is 0 Å². The van der Waals surface area contributed by atoms with Crippen LogP contribution in [0.3, 0.4) is 0 Å². The van der Waals surface area contributed by atoms with Crippen LogP contribution < -0.4 is 5.73 Å². The lowest BCUT2D eigenvalue weighted by Gasteiger charge is -2.07. The Balaban J connectivity index is 2.01. The molecule has 1 aromatic heterocycles. The first kappa shape index (κ1) is 11.5. The smallest absolute Gasteiger partial charge is 0.232 e. The van der Waals surface area contributed by atoms with E-state index in [-0.39, 0.29) is 18.1 Å². The molecule has 16 heavy (non-hydrogen) atoms. The summed E-state index contributed by atoms with van der Waals surface area (Å²) in [5, 5.41) is 3.96. The van der Waals surface area contributed by atoms with Gasteiger partial charge in [0.25, 0.3) is 0 Å². The van der Waals surface area contributed by atoms with E-state index in [1.54, 1.807) is 0 Å². The molecule has 0 spiro atoms. The van der Waals surface area contributed by atoms with Gasteiger partial charge < -0.3 is 15.0 Å². The van der Waals surface area contributed by atoms with Crippen LogP contribution in [0.1, 0.15) is 44.3 Å². The van der Waals surface area contributed by atoms with Gasteiger partial charge in [-0.2, -0.15) is 4.98 Å². The summed E-state index contributed by atoms with van der Waals surface area (Å²) < 4.78 is 10.7. The monoisotopic (exact) mass is 225 g/mol. The number of hydrogen-bond acceptors (Lipinski definition) is 5. The van der Waals surface area contributed by atoms with E-state index in [0.717, 1.165) is 19.4 Å². The lowest BCUT2D eigenvalue weighted by atomic mass is 10.0. The second-order valence-electron chi connectivity index (χ2n) is 4.39. The zero-order chi connectivity index (χ0) is 11.5. The first-order valence-corrected chi connectivity index (χ1v) is 5.90. The lowest BCUT2D eigenvalue weighted by molar-refractivity contribution is 0.113. The number of nitrogens with zero attached hydrogens (tertiary/aromatic N) is 2. The third-order valence-corrected chi connectivity index (χ3v) is 3.15. The fourth-order valence-electron chi connectivity index (χ4n) is 1.94. The predicted octanol–water partition coefficient (Wildman–Crippen LogP) is 1.24. The minimum Gasteiger partial charge on any atom is -0.378 e. The van der Waals surface area contributed by atoms with Crippen molar-refractivity contribution in [3.8, 4) is 0 Å². The summed E-state index contributed by atoms with van der Waals surface area (Å²) in [5.74, 6) is 1.66. The van der Waals surface area contributed by atoms with Crippen LogP contribution in [0, 0.1) is 0 Å². The average Bonchev–Trinajstić information content (AvgIpc) is 2.86. The summed E-state index contributed by atoms with van der Waals surface area (Å²) in [6.07, 6.45) is 2.74. The summed E-state index contributed by atoms with van der Waals surface area (Å²) in [7, 11) is 0. The molecule has 3 unspecified atom stereocenters. The predicted molar refractivity (Wildman–Crippen MR) is 59.0 cm³/mol. The number of rotatable bonds is 4. The Hall–Kier alpha value is -0.940. The third kappa shape index (κ3) is 2.41. The van der Waals surface area contributed by atoms with E-state index in [4.69, 9.17) is 15.0 Å². The van der Waals surface area contributed by atoms with Gasteiger partial charge in [-0.1, -0.05) is 12.1 Å². The van der Waals surface area contributed by atoms with Gasteiger partial charge in [0.05, 0.1) is 12.0 Å². The van der Waals surface area contributed by atoms with Crippen molar-refractivity contribution in [2.24, 2.45) is 5.73 Å². The molecule has 0 bridgehead atoms. The Labute approximate surface area is 95.3 Å². The molecule has 5 heteroatoms. The van der Waals surface area contributed by atoms with Crippen LogP contribution in [0.25, 0.3) is 0 Å². The zero-order valence-electron chi connectivity index (χ0n) is 9.85.